The smallest absolute Gasteiger partial charge is 0.272 e. The monoisotopic (exact) mass is 334 g/mol. The van der Waals surface area contributed by atoms with Crippen molar-refractivity contribution in [3.05, 3.63) is 65.7 Å². The van der Waals surface area contributed by atoms with Crippen LogP contribution in [0.4, 0.5) is 18.9 Å². The van der Waals surface area contributed by atoms with Gasteiger partial charge in [0.15, 0.2) is 0 Å². The molecule has 24 heavy (non-hydrogen) atoms. The van der Waals surface area contributed by atoms with Crippen LogP contribution in [0.2, 0.25) is 0 Å². The highest BCUT2D eigenvalue weighted by Crippen LogP contribution is 2.30. The van der Waals surface area contributed by atoms with E-state index in [9.17, 15) is 22.8 Å². The van der Waals surface area contributed by atoms with Crippen LogP contribution in [0.25, 0.3) is 0 Å². The zero-order chi connectivity index (χ0) is 17.3. The second-order valence-electron chi connectivity index (χ2n) is 5.44. The highest BCUT2D eigenvalue weighted by atomic mass is 19.4. The molecule has 1 fully saturated rings. The lowest BCUT2D eigenvalue weighted by Crippen LogP contribution is -2.35. The van der Waals surface area contributed by atoms with Crippen LogP contribution >= 0.6 is 0 Å². The first-order valence-electron chi connectivity index (χ1n) is 7.22. The Bertz CT molecular complexity index is 758. The maximum absolute atomic E-state index is 12.6. The van der Waals surface area contributed by atoms with Gasteiger partial charge in [-0.05, 0) is 36.2 Å². The molecular weight excluding hydrogens is 321 g/mol. The summed E-state index contributed by atoms with van der Waals surface area (Å²) in [5.74, 6) is -1.85. The Balaban J connectivity index is 1.76. The Morgan fingerprint density at radius 3 is 2.17 bits per heavy atom. The first kappa shape index (κ1) is 16.0. The van der Waals surface area contributed by atoms with Crippen LogP contribution in [0.3, 0.4) is 0 Å². The number of alkyl halides is 3. The molecule has 1 aliphatic heterocycles. The highest BCUT2D eigenvalue weighted by Gasteiger charge is 2.40. The van der Waals surface area contributed by atoms with Crippen molar-refractivity contribution in [3.63, 3.8) is 0 Å². The van der Waals surface area contributed by atoms with Gasteiger partial charge in [-0.2, -0.15) is 13.2 Å². The molecule has 0 bridgehead atoms. The van der Waals surface area contributed by atoms with Gasteiger partial charge in [0.05, 0.1) is 11.3 Å². The molecule has 3 rings (SSSR count). The lowest BCUT2D eigenvalue weighted by atomic mass is 9.98. The zero-order valence-electron chi connectivity index (χ0n) is 12.4. The van der Waals surface area contributed by atoms with Gasteiger partial charge in [-0.15, -0.1) is 0 Å². The van der Waals surface area contributed by atoms with Crippen molar-refractivity contribution >= 4 is 17.5 Å². The number of para-hydroxylation sites is 1. The molecule has 1 saturated heterocycles. The van der Waals surface area contributed by atoms with Crippen molar-refractivity contribution in [1.29, 1.82) is 0 Å². The molecule has 0 spiro atoms. The second kappa shape index (κ2) is 5.99. The van der Waals surface area contributed by atoms with Gasteiger partial charge in [-0.25, -0.2) is 5.01 Å². The standard InChI is InChI=1S/C17H13F3N2O2/c18-17(19,20)12-8-6-11(7-9-12)10-14-15(23)21-22(16(14)24)13-4-2-1-3-5-13/h1-9,14H,10H2,(H,21,23). The maximum atomic E-state index is 12.6. The lowest BCUT2D eigenvalue weighted by Gasteiger charge is -2.15. The fraction of sp³-hybridized carbons (Fsp3) is 0.176. The molecule has 1 N–H and O–H groups in total. The minimum atomic E-state index is -4.41. The number of hydrogen-bond donors (Lipinski definition) is 1. The molecule has 0 aliphatic carbocycles. The number of carbonyl (C=O) groups excluding carboxylic acids is 2. The summed E-state index contributed by atoms with van der Waals surface area (Å²) < 4.78 is 37.7. The Kier molecular flexibility index (Phi) is 4.01. The van der Waals surface area contributed by atoms with Gasteiger partial charge in [-0.3, -0.25) is 15.0 Å². The number of benzene rings is 2. The molecular formula is C17H13F3N2O2. The van der Waals surface area contributed by atoms with E-state index in [1.165, 1.54) is 12.1 Å². The average molecular weight is 334 g/mol. The number of hydrogen-bond acceptors (Lipinski definition) is 2. The maximum Gasteiger partial charge on any atom is 0.416 e. The summed E-state index contributed by atoms with van der Waals surface area (Å²) in [6, 6.07) is 13.1. The highest BCUT2D eigenvalue weighted by molar-refractivity contribution is 6.14. The summed E-state index contributed by atoms with van der Waals surface area (Å²) in [7, 11) is 0. The quantitative estimate of drug-likeness (QED) is 0.878. The number of amides is 2. The minimum absolute atomic E-state index is 0.0478. The van der Waals surface area contributed by atoms with E-state index in [4.69, 9.17) is 0 Å². The summed E-state index contributed by atoms with van der Waals surface area (Å²) >= 11 is 0. The van der Waals surface area contributed by atoms with Crippen molar-refractivity contribution in [1.82, 2.24) is 5.43 Å². The Labute approximate surface area is 135 Å². The van der Waals surface area contributed by atoms with Gasteiger partial charge in [0.2, 0.25) is 0 Å². The molecule has 1 atom stereocenters. The van der Waals surface area contributed by atoms with E-state index < -0.39 is 29.5 Å². The van der Waals surface area contributed by atoms with Gasteiger partial charge >= 0.3 is 6.18 Å². The molecule has 0 saturated carbocycles. The molecule has 0 aromatic heterocycles. The third-order valence-electron chi connectivity index (χ3n) is 3.79. The molecule has 124 valence electrons. The third-order valence-corrected chi connectivity index (χ3v) is 3.79. The predicted molar refractivity (Wildman–Crippen MR) is 80.7 cm³/mol. The van der Waals surface area contributed by atoms with Crippen LogP contribution < -0.4 is 10.4 Å². The summed E-state index contributed by atoms with van der Waals surface area (Å²) in [5, 5.41) is 1.16. The van der Waals surface area contributed by atoms with Crippen molar-refractivity contribution < 1.29 is 22.8 Å². The number of anilines is 1. The largest absolute Gasteiger partial charge is 0.416 e. The SMILES string of the molecule is O=C1NN(c2ccccc2)C(=O)C1Cc1ccc(C(F)(F)F)cc1. The van der Waals surface area contributed by atoms with Gasteiger partial charge < -0.3 is 0 Å². The van der Waals surface area contributed by atoms with Crippen LogP contribution in [0.15, 0.2) is 54.6 Å². The topological polar surface area (TPSA) is 49.4 Å². The number of nitrogens with one attached hydrogen (secondary N) is 1. The molecule has 0 radical (unpaired) electrons. The first-order valence-corrected chi connectivity index (χ1v) is 7.22. The Hall–Kier alpha value is -2.83. The lowest BCUT2D eigenvalue weighted by molar-refractivity contribution is -0.137. The van der Waals surface area contributed by atoms with E-state index in [1.54, 1.807) is 30.3 Å². The Morgan fingerprint density at radius 1 is 0.958 bits per heavy atom. The molecule has 7 heteroatoms. The normalized spacial score (nSPS) is 18.0. The molecule has 1 heterocycles. The fourth-order valence-electron chi connectivity index (χ4n) is 2.53. The molecule has 2 aromatic rings. The predicted octanol–water partition coefficient (Wildman–Crippen LogP) is 2.94. The molecule has 2 aromatic carbocycles. The van der Waals surface area contributed by atoms with Gasteiger partial charge in [0, 0.05) is 0 Å². The number of carbonyl (C=O) groups is 2. The van der Waals surface area contributed by atoms with Crippen LogP contribution in [-0.2, 0) is 22.2 Å². The van der Waals surface area contributed by atoms with E-state index >= 15 is 0 Å². The minimum Gasteiger partial charge on any atom is -0.272 e. The Morgan fingerprint density at radius 2 is 1.58 bits per heavy atom. The van der Waals surface area contributed by atoms with E-state index in [0.29, 0.717) is 11.3 Å². The van der Waals surface area contributed by atoms with Crippen LogP contribution in [-0.4, -0.2) is 11.8 Å². The summed E-state index contributed by atoms with van der Waals surface area (Å²) in [6.45, 7) is 0. The third kappa shape index (κ3) is 3.10. The molecule has 2 amide bonds. The van der Waals surface area contributed by atoms with Gasteiger partial charge in [-0.1, -0.05) is 30.3 Å². The van der Waals surface area contributed by atoms with E-state index in [1.807, 2.05) is 0 Å². The number of halogens is 3. The van der Waals surface area contributed by atoms with Crippen LogP contribution in [0.1, 0.15) is 11.1 Å². The van der Waals surface area contributed by atoms with Crippen molar-refractivity contribution in [3.8, 4) is 0 Å². The fourth-order valence-corrected chi connectivity index (χ4v) is 2.53. The van der Waals surface area contributed by atoms with Gasteiger partial charge in [0.1, 0.15) is 5.92 Å². The van der Waals surface area contributed by atoms with E-state index in [2.05, 4.69) is 5.43 Å². The zero-order valence-corrected chi connectivity index (χ0v) is 12.4. The number of rotatable bonds is 3. The average Bonchev–Trinajstić information content (AvgIpc) is 2.83. The van der Waals surface area contributed by atoms with E-state index in [0.717, 1.165) is 17.1 Å². The summed E-state index contributed by atoms with van der Waals surface area (Å²) in [5.41, 5.74) is 2.75. The van der Waals surface area contributed by atoms with Crippen LogP contribution in [0, 0.1) is 5.92 Å². The summed E-state index contributed by atoms with van der Waals surface area (Å²) in [6.07, 6.45) is -4.37. The van der Waals surface area contributed by atoms with Crippen LogP contribution in [0.5, 0.6) is 0 Å². The summed E-state index contributed by atoms with van der Waals surface area (Å²) in [4.78, 5) is 24.5. The number of hydrazine groups is 1. The van der Waals surface area contributed by atoms with Crippen molar-refractivity contribution in [2.45, 2.75) is 12.6 Å². The molecule has 1 unspecified atom stereocenters. The van der Waals surface area contributed by atoms with E-state index in [-0.39, 0.29) is 6.42 Å². The number of nitrogens with zero attached hydrogens (tertiary/aromatic N) is 1. The van der Waals surface area contributed by atoms with Crippen molar-refractivity contribution in [2.24, 2.45) is 5.92 Å². The van der Waals surface area contributed by atoms with Gasteiger partial charge in [0.25, 0.3) is 11.8 Å². The molecule has 1 aliphatic rings. The first-order chi connectivity index (χ1) is 11.4. The second-order valence-corrected chi connectivity index (χ2v) is 5.44. The molecule has 4 nitrogen and oxygen atoms in total. The van der Waals surface area contributed by atoms with Crippen molar-refractivity contribution in [2.75, 3.05) is 5.01 Å².